The summed E-state index contributed by atoms with van der Waals surface area (Å²) in [5.74, 6) is 0.339. The zero-order valence-corrected chi connectivity index (χ0v) is 25.0. The minimum atomic E-state index is -0.347. The number of benzene rings is 4. The number of anilines is 1. The molecule has 7 nitrogen and oxygen atoms in total. The van der Waals surface area contributed by atoms with Gasteiger partial charge in [-0.2, -0.15) is 0 Å². The second-order valence-electron chi connectivity index (χ2n) is 10.5. The first-order valence-corrected chi connectivity index (χ1v) is 14.6. The molecule has 0 spiro atoms. The second kappa shape index (κ2) is 16.1. The van der Waals surface area contributed by atoms with Gasteiger partial charge in [0.2, 0.25) is 0 Å². The van der Waals surface area contributed by atoms with Gasteiger partial charge in [0.15, 0.2) is 0 Å². The summed E-state index contributed by atoms with van der Waals surface area (Å²) in [7, 11) is 2.80. The number of esters is 2. The largest absolute Gasteiger partial charge is 0.489 e. The van der Waals surface area contributed by atoms with E-state index in [2.05, 4.69) is 41.3 Å². The molecular formula is C36H40N2O5. The molecule has 0 saturated heterocycles. The zero-order valence-electron chi connectivity index (χ0n) is 25.0. The third kappa shape index (κ3) is 9.72. The molecule has 0 aliphatic carbocycles. The van der Waals surface area contributed by atoms with Crippen LogP contribution in [0.1, 0.15) is 46.3 Å². The summed E-state index contributed by atoms with van der Waals surface area (Å²) in [5, 5.41) is 0. The van der Waals surface area contributed by atoms with E-state index in [1.165, 1.54) is 14.2 Å². The summed E-state index contributed by atoms with van der Waals surface area (Å²) in [5.41, 5.74) is 12.8. The van der Waals surface area contributed by atoms with Crippen LogP contribution in [0.5, 0.6) is 5.75 Å². The third-order valence-corrected chi connectivity index (χ3v) is 7.35. The number of para-hydroxylation sites is 1. The molecule has 0 aromatic heterocycles. The van der Waals surface area contributed by atoms with Crippen LogP contribution in [-0.4, -0.2) is 44.1 Å². The van der Waals surface area contributed by atoms with Gasteiger partial charge in [-0.25, -0.2) is 4.79 Å². The highest BCUT2D eigenvalue weighted by molar-refractivity contribution is 5.89. The molecule has 4 aromatic rings. The Morgan fingerprint density at radius 2 is 1.49 bits per heavy atom. The maximum Gasteiger partial charge on any atom is 0.337 e. The van der Waals surface area contributed by atoms with Gasteiger partial charge in [0.05, 0.1) is 19.8 Å². The molecule has 0 amide bonds. The molecule has 0 atom stereocenters. The van der Waals surface area contributed by atoms with E-state index in [4.69, 9.17) is 19.9 Å². The number of hydrogen-bond acceptors (Lipinski definition) is 7. The molecule has 4 rings (SSSR count). The number of rotatable bonds is 15. The van der Waals surface area contributed by atoms with Crippen molar-refractivity contribution < 1.29 is 23.8 Å². The Morgan fingerprint density at radius 1 is 0.744 bits per heavy atom. The number of carbonyl (C=O) groups excluding carboxylic acids is 2. The number of nitrogens with two attached hydrogens (primary N) is 1. The van der Waals surface area contributed by atoms with E-state index < -0.39 is 0 Å². The van der Waals surface area contributed by atoms with E-state index in [9.17, 15) is 9.59 Å². The van der Waals surface area contributed by atoms with E-state index >= 15 is 0 Å². The van der Waals surface area contributed by atoms with E-state index in [1.807, 2.05) is 48.5 Å². The van der Waals surface area contributed by atoms with Crippen molar-refractivity contribution in [2.75, 3.05) is 33.0 Å². The zero-order chi connectivity index (χ0) is 30.4. The van der Waals surface area contributed by atoms with Crippen LogP contribution in [0.3, 0.4) is 0 Å². The average Bonchev–Trinajstić information content (AvgIpc) is 3.04. The number of ether oxygens (including phenoxy) is 3. The fraction of sp³-hybridized carbons (Fsp3) is 0.278. The molecule has 0 unspecified atom stereocenters. The minimum absolute atomic E-state index is 0.185. The van der Waals surface area contributed by atoms with Crippen molar-refractivity contribution in [3.8, 4) is 16.9 Å². The molecular weight excluding hydrogens is 540 g/mol. The van der Waals surface area contributed by atoms with Gasteiger partial charge in [-0.3, -0.25) is 9.69 Å². The maximum atomic E-state index is 11.8. The van der Waals surface area contributed by atoms with E-state index in [-0.39, 0.29) is 11.9 Å². The van der Waals surface area contributed by atoms with Crippen molar-refractivity contribution in [3.63, 3.8) is 0 Å². The van der Waals surface area contributed by atoms with Gasteiger partial charge in [0, 0.05) is 25.2 Å². The van der Waals surface area contributed by atoms with Gasteiger partial charge in [-0.1, -0.05) is 66.7 Å². The summed E-state index contributed by atoms with van der Waals surface area (Å²) >= 11 is 0. The quantitative estimate of drug-likeness (QED) is 0.0952. The first-order valence-electron chi connectivity index (χ1n) is 14.6. The Labute approximate surface area is 254 Å². The number of unbranched alkanes of at least 4 members (excludes halogenated alkanes) is 1. The normalized spacial score (nSPS) is 10.9. The monoisotopic (exact) mass is 580 g/mol. The molecule has 0 aliphatic heterocycles. The number of nitrogens with zero attached hydrogens (tertiary/aromatic N) is 1. The van der Waals surface area contributed by atoms with E-state index in [0.717, 1.165) is 78.2 Å². The average molecular weight is 581 g/mol. The SMILES string of the molecule is COC(=O)CCCCN(CCc1ccccc1OCc1ccc(-c2cccc(N)c2)cc1)Cc1ccc(C(=O)OC)cc1. The fourth-order valence-electron chi connectivity index (χ4n) is 4.90. The highest BCUT2D eigenvalue weighted by Gasteiger charge is 2.12. The predicted octanol–water partition coefficient (Wildman–Crippen LogP) is 6.69. The molecule has 0 fully saturated rings. The standard InChI is InChI=1S/C36H40N2O5/c1-41-35(39)12-5-6-22-38(25-27-13-19-31(20-14-27)36(40)42-2)23-21-30-8-3-4-11-34(30)43-26-28-15-17-29(18-16-28)32-9-7-10-33(37)24-32/h3-4,7-11,13-20,24H,5-6,12,21-23,25-26,37H2,1-2H3. The first-order chi connectivity index (χ1) is 20.9. The lowest BCUT2D eigenvalue weighted by atomic mass is 10.0. The van der Waals surface area contributed by atoms with Crippen molar-refractivity contribution in [2.45, 2.75) is 38.8 Å². The maximum absolute atomic E-state index is 11.8. The first kappa shape index (κ1) is 31.3. The van der Waals surface area contributed by atoms with Gasteiger partial charge < -0.3 is 19.9 Å². The highest BCUT2D eigenvalue weighted by Crippen LogP contribution is 2.24. The van der Waals surface area contributed by atoms with Crippen LogP contribution in [0.2, 0.25) is 0 Å². The lowest BCUT2D eigenvalue weighted by Gasteiger charge is -2.23. The van der Waals surface area contributed by atoms with Gasteiger partial charge in [0.1, 0.15) is 12.4 Å². The summed E-state index contributed by atoms with van der Waals surface area (Å²) in [6, 6.07) is 31.9. The summed E-state index contributed by atoms with van der Waals surface area (Å²) < 4.78 is 15.9. The topological polar surface area (TPSA) is 91.1 Å². The molecule has 43 heavy (non-hydrogen) atoms. The molecule has 7 heteroatoms. The van der Waals surface area contributed by atoms with Gasteiger partial charge in [-0.05, 0) is 84.0 Å². The van der Waals surface area contributed by atoms with Crippen molar-refractivity contribution in [3.05, 3.63) is 119 Å². The lowest BCUT2D eigenvalue weighted by Crippen LogP contribution is -2.27. The molecule has 4 aromatic carbocycles. The van der Waals surface area contributed by atoms with E-state index in [1.54, 1.807) is 12.1 Å². The number of nitrogen functional groups attached to an aromatic ring is 1. The summed E-state index contributed by atoms with van der Waals surface area (Å²) in [4.78, 5) is 25.8. The third-order valence-electron chi connectivity index (χ3n) is 7.35. The van der Waals surface area contributed by atoms with Crippen molar-refractivity contribution >= 4 is 17.6 Å². The summed E-state index contributed by atoms with van der Waals surface area (Å²) in [6.45, 7) is 2.84. The second-order valence-corrected chi connectivity index (χ2v) is 10.5. The molecule has 0 saturated carbocycles. The number of carbonyl (C=O) groups is 2. The molecule has 224 valence electrons. The minimum Gasteiger partial charge on any atom is -0.489 e. The van der Waals surface area contributed by atoms with Crippen molar-refractivity contribution in [2.24, 2.45) is 0 Å². The molecule has 0 radical (unpaired) electrons. The van der Waals surface area contributed by atoms with Gasteiger partial charge >= 0.3 is 11.9 Å². The summed E-state index contributed by atoms with van der Waals surface area (Å²) in [6.07, 6.45) is 2.86. The van der Waals surface area contributed by atoms with Crippen LogP contribution >= 0.6 is 0 Å². The Bertz CT molecular complexity index is 1470. The van der Waals surface area contributed by atoms with Crippen LogP contribution in [-0.2, 0) is 33.8 Å². The smallest absolute Gasteiger partial charge is 0.337 e. The van der Waals surface area contributed by atoms with E-state index in [0.29, 0.717) is 18.6 Å². The number of hydrogen-bond donors (Lipinski definition) is 1. The highest BCUT2D eigenvalue weighted by atomic mass is 16.5. The van der Waals surface area contributed by atoms with Crippen LogP contribution in [0.15, 0.2) is 97.1 Å². The van der Waals surface area contributed by atoms with Crippen LogP contribution in [0.4, 0.5) is 5.69 Å². The van der Waals surface area contributed by atoms with Crippen LogP contribution in [0, 0.1) is 0 Å². The Balaban J connectivity index is 1.38. The Kier molecular flexibility index (Phi) is 11.7. The molecule has 0 heterocycles. The predicted molar refractivity (Wildman–Crippen MR) is 170 cm³/mol. The lowest BCUT2D eigenvalue weighted by molar-refractivity contribution is -0.140. The molecule has 0 aliphatic rings. The van der Waals surface area contributed by atoms with Gasteiger partial charge in [-0.15, -0.1) is 0 Å². The van der Waals surface area contributed by atoms with Crippen LogP contribution in [0.25, 0.3) is 11.1 Å². The van der Waals surface area contributed by atoms with Gasteiger partial charge in [0.25, 0.3) is 0 Å². The van der Waals surface area contributed by atoms with Crippen molar-refractivity contribution in [1.82, 2.24) is 4.90 Å². The molecule has 0 bridgehead atoms. The Morgan fingerprint density at radius 3 is 2.21 bits per heavy atom. The molecule has 2 N–H and O–H groups in total. The fourth-order valence-corrected chi connectivity index (χ4v) is 4.90. The van der Waals surface area contributed by atoms with Crippen LogP contribution < -0.4 is 10.5 Å². The Hall–Kier alpha value is -4.62. The van der Waals surface area contributed by atoms with Crippen molar-refractivity contribution in [1.29, 1.82) is 0 Å². The number of methoxy groups -OCH3 is 2.